The van der Waals surface area contributed by atoms with Crippen molar-refractivity contribution in [2.45, 2.75) is 53.4 Å². The monoisotopic (exact) mass is 436 g/mol. The van der Waals surface area contributed by atoms with Crippen molar-refractivity contribution in [3.63, 3.8) is 0 Å². The molecule has 0 atom stereocenters. The number of fused-ring (bicyclic) bond motifs is 1. The minimum atomic E-state index is -0.348. The van der Waals surface area contributed by atoms with E-state index in [-0.39, 0.29) is 17.9 Å². The molecule has 1 amide bonds. The van der Waals surface area contributed by atoms with Gasteiger partial charge in [-0.15, -0.1) is 0 Å². The lowest BCUT2D eigenvalue weighted by molar-refractivity contribution is -0.117. The summed E-state index contributed by atoms with van der Waals surface area (Å²) in [5.41, 5.74) is 13.2. The maximum atomic E-state index is 10.9. The van der Waals surface area contributed by atoms with Crippen molar-refractivity contribution in [2.75, 3.05) is 13.1 Å². The lowest BCUT2D eigenvalue weighted by atomic mass is 9.76. The Bertz CT molecular complexity index is 1130. The van der Waals surface area contributed by atoms with Gasteiger partial charge in [0, 0.05) is 23.9 Å². The Labute approximate surface area is 188 Å². The summed E-state index contributed by atoms with van der Waals surface area (Å²) in [6, 6.07) is 4.17. The topological polar surface area (TPSA) is 112 Å². The number of hydrogen-bond acceptors (Lipinski definition) is 6. The first-order valence-electron chi connectivity index (χ1n) is 11.1. The SMILES string of the molecule is Cc1cc(-c2noc(-c3nn(C)c4c3CCC(C)(C)C4)n2)cc(C)c1CCNCC(N)=O. The van der Waals surface area contributed by atoms with Crippen LogP contribution in [0.5, 0.6) is 0 Å². The Balaban J connectivity index is 1.57. The number of aryl methyl sites for hydroxylation is 3. The Morgan fingerprint density at radius 3 is 2.69 bits per heavy atom. The summed E-state index contributed by atoms with van der Waals surface area (Å²) in [4.78, 5) is 15.6. The molecule has 3 aromatic rings. The minimum absolute atomic E-state index is 0.191. The maximum Gasteiger partial charge on any atom is 0.279 e. The zero-order chi connectivity index (χ0) is 23.0. The largest absolute Gasteiger partial charge is 0.369 e. The van der Waals surface area contributed by atoms with Gasteiger partial charge in [0.25, 0.3) is 5.89 Å². The van der Waals surface area contributed by atoms with Gasteiger partial charge in [0.1, 0.15) is 0 Å². The molecule has 0 saturated heterocycles. The number of carbonyl (C=O) groups is 1. The van der Waals surface area contributed by atoms with Crippen LogP contribution in [0.4, 0.5) is 0 Å². The average Bonchev–Trinajstić information content (AvgIpc) is 3.31. The van der Waals surface area contributed by atoms with Crippen molar-refractivity contribution in [3.05, 3.63) is 40.1 Å². The molecule has 0 spiro atoms. The third-order valence-electron chi connectivity index (χ3n) is 6.41. The number of benzene rings is 1. The van der Waals surface area contributed by atoms with E-state index in [1.807, 2.05) is 11.7 Å². The summed E-state index contributed by atoms with van der Waals surface area (Å²) in [5.74, 6) is 0.700. The second kappa shape index (κ2) is 8.50. The van der Waals surface area contributed by atoms with Gasteiger partial charge in [-0.3, -0.25) is 9.48 Å². The molecule has 170 valence electrons. The van der Waals surface area contributed by atoms with E-state index in [1.165, 1.54) is 16.8 Å². The van der Waals surface area contributed by atoms with Crippen LogP contribution in [0.3, 0.4) is 0 Å². The molecule has 0 unspecified atom stereocenters. The van der Waals surface area contributed by atoms with E-state index >= 15 is 0 Å². The summed E-state index contributed by atoms with van der Waals surface area (Å²) in [5, 5.41) is 12.0. The second-order valence-electron chi connectivity index (χ2n) is 9.64. The van der Waals surface area contributed by atoms with Gasteiger partial charge in [-0.05, 0) is 80.3 Å². The van der Waals surface area contributed by atoms with Crippen LogP contribution in [-0.2, 0) is 31.1 Å². The lowest BCUT2D eigenvalue weighted by Gasteiger charge is -2.29. The third-order valence-corrected chi connectivity index (χ3v) is 6.41. The summed E-state index contributed by atoms with van der Waals surface area (Å²) in [7, 11) is 1.99. The average molecular weight is 437 g/mol. The van der Waals surface area contributed by atoms with Crippen LogP contribution >= 0.6 is 0 Å². The maximum absolute atomic E-state index is 10.9. The van der Waals surface area contributed by atoms with Crippen LogP contribution in [0.15, 0.2) is 16.7 Å². The van der Waals surface area contributed by atoms with Crippen molar-refractivity contribution in [1.29, 1.82) is 0 Å². The van der Waals surface area contributed by atoms with Crippen LogP contribution < -0.4 is 11.1 Å². The molecule has 0 radical (unpaired) electrons. The summed E-state index contributed by atoms with van der Waals surface area (Å²) in [6.45, 7) is 9.65. The number of rotatable bonds is 7. The van der Waals surface area contributed by atoms with Crippen LogP contribution in [0.2, 0.25) is 0 Å². The normalized spacial score (nSPS) is 15.0. The molecular weight excluding hydrogens is 404 g/mol. The van der Waals surface area contributed by atoms with Crippen molar-refractivity contribution in [1.82, 2.24) is 25.2 Å². The predicted molar refractivity (Wildman–Crippen MR) is 123 cm³/mol. The highest BCUT2D eigenvalue weighted by Gasteiger charge is 2.32. The molecule has 0 aliphatic heterocycles. The Hall–Kier alpha value is -3.00. The van der Waals surface area contributed by atoms with Gasteiger partial charge in [-0.25, -0.2) is 0 Å². The van der Waals surface area contributed by atoms with Crippen molar-refractivity contribution in [3.8, 4) is 23.0 Å². The number of nitrogens with two attached hydrogens (primary N) is 1. The van der Waals surface area contributed by atoms with E-state index in [4.69, 9.17) is 20.3 Å². The van der Waals surface area contributed by atoms with Gasteiger partial charge in [-0.1, -0.05) is 19.0 Å². The van der Waals surface area contributed by atoms with E-state index in [9.17, 15) is 4.79 Å². The molecule has 4 rings (SSSR count). The summed E-state index contributed by atoms with van der Waals surface area (Å²) in [6.07, 6.45) is 3.91. The molecule has 0 fully saturated rings. The molecule has 2 heterocycles. The molecule has 1 aliphatic carbocycles. The van der Waals surface area contributed by atoms with Gasteiger partial charge in [-0.2, -0.15) is 10.1 Å². The number of primary amides is 1. The second-order valence-corrected chi connectivity index (χ2v) is 9.64. The number of carbonyl (C=O) groups excluding carboxylic acids is 1. The smallest absolute Gasteiger partial charge is 0.279 e. The number of hydrogen-bond donors (Lipinski definition) is 2. The molecule has 1 aromatic carbocycles. The zero-order valence-corrected chi connectivity index (χ0v) is 19.6. The zero-order valence-electron chi connectivity index (χ0n) is 19.6. The number of amides is 1. The van der Waals surface area contributed by atoms with Crippen molar-refractivity contribution < 1.29 is 9.32 Å². The van der Waals surface area contributed by atoms with Crippen LogP contribution in [-0.4, -0.2) is 38.9 Å². The van der Waals surface area contributed by atoms with Crippen molar-refractivity contribution in [2.24, 2.45) is 18.2 Å². The summed E-state index contributed by atoms with van der Waals surface area (Å²) >= 11 is 0. The fraction of sp³-hybridized carbons (Fsp3) is 0.500. The Kier molecular flexibility index (Phi) is 5.90. The molecule has 32 heavy (non-hydrogen) atoms. The number of nitrogens with one attached hydrogen (secondary N) is 1. The fourth-order valence-electron chi connectivity index (χ4n) is 4.64. The lowest BCUT2D eigenvalue weighted by Crippen LogP contribution is -2.30. The Morgan fingerprint density at radius 2 is 2.00 bits per heavy atom. The van der Waals surface area contributed by atoms with Gasteiger partial charge in [0.05, 0.1) is 6.54 Å². The first kappa shape index (κ1) is 22.2. The predicted octanol–water partition coefficient (Wildman–Crippen LogP) is 2.89. The third kappa shape index (κ3) is 4.46. The van der Waals surface area contributed by atoms with Gasteiger partial charge in [0.2, 0.25) is 11.7 Å². The van der Waals surface area contributed by atoms with Gasteiger partial charge >= 0.3 is 0 Å². The van der Waals surface area contributed by atoms with E-state index in [2.05, 4.69) is 50.3 Å². The number of aromatic nitrogens is 4. The van der Waals surface area contributed by atoms with E-state index in [1.54, 1.807) is 0 Å². The first-order valence-corrected chi connectivity index (χ1v) is 11.1. The quantitative estimate of drug-likeness (QED) is 0.551. The molecule has 1 aliphatic rings. The highest BCUT2D eigenvalue weighted by atomic mass is 16.5. The fourth-order valence-corrected chi connectivity index (χ4v) is 4.64. The molecule has 0 saturated carbocycles. The molecule has 2 aromatic heterocycles. The molecule has 0 bridgehead atoms. The van der Waals surface area contributed by atoms with Crippen molar-refractivity contribution >= 4 is 5.91 Å². The van der Waals surface area contributed by atoms with Gasteiger partial charge < -0.3 is 15.6 Å². The standard InChI is InChI=1S/C24H32N6O2/c1-14-10-16(11-15(2)17(14)7-9-26-13-20(25)31)22-27-23(32-29-22)21-18-6-8-24(3,4)12-19(18)30(5)28-21/h10-11,26H,6-9,12-13H2,1-5H3,(H2,25,31). The van der Waals surface area contributed by atoms with Crippen LogP contribution in [0.1, 0.15) is 48.2 Å². The summed E-state index contributed by atoms with van der Waals surface area (Å²) < 4.78 is 7.62. The van der Waals surface area contributed by atoms with E-state index < -0.39 is 0 Å². The molecule has 3 N–H and O–H groups in total. The Morgan fingerprint density at radius 1 is 1.28 bits per heavy atom. The van der Waals surface area contributed by atoms with Crippen LogP contribution in [0.25, 0.3) is 23.0 Å². The first-order chi connectivity index (χ1) is 15.1. The van der Waals surface area contributed by atoms with Crippen LogP contribution in [0, 0.1) is 19.3 Å². The number of nitrogens with zero attached hydrogens (tertiary/aromatic N) is 4. The molecular formula is C24H32N6O2. The van der Waals surface area contributed by atoms with Gasteiger partial charge in [0.15, 0.2) is 5.69 Å². The highest BCUT2D eigenvalue weighted by molar-refractivity contribution is 5.75. The molecule has 8 heteroatoms. The van der Waals surface area contributed by atoms with E-state index in [0.717, 1.165) is 48.1 Å². The molecule has 8 nitrogen and oxygen atoms in total. The van der Waals surface area contributed by atoms with E-state index in [0.29, 0.717) is 18.3 Å². The minimum Gasteiger partial charge on any atom is -0.369 e. The highest BCUT2D eigenvalue weighted by Crippen LogP contribution is 2.38.